The van der Waals surface area contributed by atoms with Gasteiger partial charge in [0.05, 0.1) is 11.0 Å². The smallest absolute Gasteiger partial charge is 0.234 e. The van der Waals surface area contributed by atoms with Crippen LogP contribution in [-0.4, -0.2) is 15.5 Å². The van der Waals surface area contributed by atoms with Gasteiger partial charge in [0.2, 0.25) is 5.91 Å². The maximum atomic E-state index is 12.5. The first-order chi connectivity index (χ1) is 10.2. The van der Waals surface area contributed by atoms with Gasteiger partial charge in [0.1, 0.15) is 0 Å². The summed E-state index contributed by atoms with van der Waals surface area (Å²) in [5.41, 5.74) is 2.86. The molecule has 21 heavy (non-hydrogen) atoms. The number of fused-ring (bicyclic) bond motifs is 3. The molecular weight excluding hydrogens is 304 g/mol. The van der Waals surface area contributed by atoms with E-state index in [0.717, 1.165) is 21.8 Å². The number of rotatable bonds is 1. The van der Waals surface area contributed by atoms with Gasteiger partial charge >= 0.3 is 0 Å². The average Bonchev–Trinajstić information content (AvgIpc) is 2.86. The number of halogens is 1. The zero-order valence-corrected chi connectivity index (χ0v) is 12.6. The normalized spacial score (nSPS) is 18.0. The van der Waals surface area contributed by atoms with Crippen LogP contribution in [-0.2, 0) is 0 Å². The van der Waals surface area contributed by atoms with Crippen molar-refractivity contribution in [3.05, 3.63) is 59.1 Å². The highest BCUT2D eigenvalue weighted by molar-refractivity contribution is 7.99. The minimum atomic E-state index is 0.0948. The minimum absolute atomic E-state index is 0.0948. The standard InChI is InChI=1S/C16H11ClN2OS/c17-11-7-5-10(6-8-11)14-9-15(20)19-13-4-2-1-3-12(13)18-16(19)21-14/h1-8,14H,9H2/t14-/m0/s1. The van der Waals surface area contributed by atoms with Crippen molar-refractivity contribution in [2.75, 3.05) is 0 Å². The van der Waals surface area contributed by atoms with Crippen molar-refractivity contribution in [1.29, 1.82) is 0 Å². The molecule has 1 atom stereocenters. The summed E-state index contributed by atoms with van der Waals surface area (Å²) in [7, 11) is 0. The van der Waals surface area contributed by atoms with Crippen LogP contribution >= 0.6 is 23.4 Å². The van der Waals surface area contributed by atoms with Crippen molar-refractivity contribution >= 4 is 40.3 Å². The molecule has 104 valence electrons. The minimum Gasteiger partial charge on any atom is -0.274 e. The van der Waals surface area contributed by atoms with E-state index >= 15 is 0 Å². The molecule has 1 aliphatic rings. The molecule has 4 rings (SSSR count). The summed E-state index contributed by atoms with van der Waals surface area (Å²) >= 11 is 7.56. The summed E-state index contributed by atoms with van der Waals surface area (Å²) in [5, 5.41) is 1.57. The molecule has 3 aromatic rings. The van der Waals surface area contributed by atoms with Gasteiger partial charge in [-0.3, -0.25) is 9.36 Å². The molecular formula is C16H11ClN2OS. The predicted octanol–water partition coefficient (Wildman–Crippen LogP) is 4.57. The fraction of sp³-hybridized carbons (Fsp3) is 0.125. The van der Waals surface area contributed by atoms with Gasteiger partial charge in [0.15, 0.2) is 5.16 Å². The van der Waals surface area contributed by atoms with Gasteiger partial charge in [-0.1, -0.05) is 47.6 Å². The number of carbonyl (C=O) groups is 1. The Bertz CT molecular complexity index is 841. The van der Waals surface area contributed by atoms with Crippen LogP contribution in [0.4, 0.5) is 0 Å². The topological polar surface area (TPSA) is 34.9 Å². The summed E-state index contributed by atoms with van der Waals surface area (Å²) in [5.74, 6) is 0.0948. The first-order valence-corrected chi connectivity index (χ1v) is 7.91. The zero-order valence-electron chi connectivity index (χ0n) is 11.0. The Labute approximate surface area is 130 Å². The molecule has 3 nitrogen and oxygen atoms in total. The highest BCUT2D eigenvalue weighted by Crippen LogP contribution is 2.42. The van der Waals surface area contributed by atoms with Crippen LogP contribution in [0, 0.1) is 0 Å². The van der Waals surface area contributed by atoms with Crippen molar-refractivity contribution in [3.63, 3.8) is 0 Å². The van der Waals surface area contributed by atoms with Gasteiger partial charge in [-0.25, -0.2) is 4.98 Å². The molecule has 0 bridgehead atoms. The molecule has 0 fully saturated rings. The van der Waals surface area contributed by atoms with Crippen LogP contribution in [0.5, 0.6) is 0 Å². The number of hydrogen-bond acceptors (Lipinski definition) is 3. The van der Waals surface area contributed by atoms with Gasteiger partial charge in [-0.15, -0.1) is 0 Å². The van der Waals surface area contributed by atoms with Gasteiger partial charge < -0.3 is 0 Å². The first kappa shape index (κ1) is 12.9. The Balaban J connectivity index is 1.78. The van der Waals surface area contributed by atoms with Crippen molar-refractivity contribution in [2.45, 2.75) is 16.8 Å². The molecule has 0 saturated heterocycles. The van der Waals surface area contributed by atoms with E-state index in [2.05, 4.69) is 4.98 Å². The zero-order chi connectivity index (χ0) is 14.4. The number of thioether (sulfide) groups is 1. The maximum absolute atomic E-state index is 12.5. The molecule has 1 aliphatic heterocycles. The second kappa shape index (κ2) is 4.90. The van der Waals surface area contributed by atoms with E-state index in [1.54, 1.807) is 16.3 Å². The molecule has 0 spiro atoms. The Hall–Kier alpha value is -1.78. The van der Waals surface area contributed by atoms with E-state index in [0.29, 0.717) is 11.4 Å². The lowest BCUT2D eigenvalue weighted by molar-refractivity contribution is 0.0891. The maximum Gasteiger partial charge on any atom is 0.234 e. The number of carbonyl (C=O) groups excluding carboxylic acids is 1. The molecule has 0 amide bonds. The molecule has 0 radical (unpaired) electrons. The molecule has 0 saturated carbocycles. The van der Waals surface area contributed by atoms with Crippen LogP contribution in [0.25, 0.3) is 11.0 Å². The quantitative estimate of drug-likeness (QED) is 0.660. The van der Waals surface area contributed by atoms with Crippen LogP contribution in [0.2, 0.25) is 5.02 Å². The molecule has 2 aromatic carbocycles. The third-order valence-electron chi connectivity index (χ3n) is 3.63. The Morgan fingerprint density at radius 3 is 2.71 bits per heavy atom. The van der Waals surface area contributed by atoms with Crippen molar-refractivity contribution in [2.24, 2.45) is 0 Å². The van der Waals surface area contributed by atoms with Gasteiger partial charge in [-0.05, 0) is 29.8 Å². The first-order valence-electron chi connectivity index (χ1n) is 6.65. The number of nitrogens with zero attached hydrogens (tertiary/aromatic N) is 2. The lowest BCUT2D eigenvalue weighted by atomic mass is 10.1. The van der Waals surface area contributed by atoms with E-state index < -0.39 is 0 Å². The van der Waals surface area contributed by atoms with Crippen LogP contribution < -0.4 is 0 Å². The van der Waals surface area contributed by atoms with E-state index in [-0.39, 0.29) is 11.2 Å². The lowest BCUT2D eigenvalue weighted by Gasteiger charge is -2.22. The van der Waals surface area contributed by atoms with Gasteiger partial charge in [-0.2, -0.15) is 0 Å². The third-order valence-corrected chi connectivity index (χ3v) is 5.09. The third kappa shape index (κ3) is 2.15. The fourth-order valence-corrected chi connectivity index (χ4v) is 3.96. The van der Waals surface area contributed by atoms with E-state index in [1.165, 1.54) is 0 Å². The molecule has 0 N–H and O–H groups in total. The van der Waals surface area contributed by atoms with Crippen molar-refractivity contribution < 1.29 is 4.79 Å². The van der Waals surface area contributed by atoms with Crippen molar-refractivity contribution in [3.8, 4) is 0 Å². The molecule has 5 heteroatoms. The van der Waals surface area contributed by atoms with E-state index in [4.69, 9.17) is 11.6 Å². The Morgan fingerprint density at radius 1 is 1.14 bits per heavy atom. The number of benzene rings is 2. The summed E-state index contributed by atoms with van der Waals surface area (Å²) in [4.78, 5) is 17.1. The summed E-state index contributed by atoms with van der Waals surface area (Å²) in [6.45, 7) is 0. The number of aromatic nitrogens is 2. The lowest BCUT2D eigenvalue weighted by Crippen LogP contribution is -2.19. The predicted molar refractivity (Wildman–Crippen MR) is 85.0 cm³/mol. The van der Waals surface area contributed by atoms with E-state index in [9.17, 15) is 4.79 Å². The molecule has 2 heterocycles. The Kier molecular flexibility index (Phi) is 3.01. The van der Waals surface area contributed by atoms with Crippen LogP contribution in [0.1, 0.15) is 22.0 Å². The number of para-hydroxylation sites is 2. The van der Waals surface area contributed by atoms with Gasteiger partial charge in [0, 0.05) is 16.7 Å². The van der Waals surface area contributed by atoms with Gasteiger partial charge in [0.25, 0.3) is 0 Å². The monoisotopic (exact) mass is 314 g/mol. The second-order valence-corrected chi connectivity index (χ2v) is 6.58. The summed E-state index contributed by atoms with van der Waals surface area (Å²) in [6, 6.07) is 15.4. The fourth-order valence-electron chi connectivity index (χ4n) is 2.61. The van der Waals surface area contributed by atoms with Crippen LogP contribution in [0.15, 0.2) is 53.7 Å². The molecule has 0 unspecified atom stereocenters. The summed E-state index contributed by atoms with van der Waals surface area (Å²) in [6.07, 6.45) is 0.472. The average molecular weight is 315 g/mol. The highest BCUT2D eigenvalue weighted by atomic mass is 35.5. The van der Waals surface area contributed by atoms with Crippen LogP contribution in [0.3, 0.4) is 0 Å². The largest absolute Gasteiger partial charge is 0.274 e. The number of hydrogen-bond donors (Lipinski definition) is 0. The summed E-state index contributed by atoms with van der Waals surface area (Å²) < 4.78 is 1.73. The van der Waals surface area contributed by atoms with Crippen molar-refractivity contribution in [1.82, 2.24) is 9.55 Å². The van der Waals surface area contributed by atoms with E-state index in [1.807, 2.05) is 48.5 Å². The Morgan fingerprint density at radius 2 is 1.90 bits per heavy atom. The number of imidazole rings is 1. The molecule has 0 aliphatic carbocycles. The second-order valence-electron chi connectivity index (χ2n) is 4.97. The SMILES string of the molecule is O=C1C[C@@H](c2ccc(Cl)cc2)Sc2nc3ccccc3n21. The molecule has 1 aromatic heterocycles. The highest BCUT2D eigenvalue weighted by Gasteiger charge is 2.29.